The van der Waals surface area contributed by atoms with Gasteiger partial charge in [0, 0.05) is 31.0 Å². The first-order valence-corrected chi connectivity index (χ1v) is 13.4. The van der Waals surface area contributed by atoms with Crippen LogP contribution in [0.25, 0.3) is 0 Å². The topological polar surface area (TPSA) is 75.7 Å². The van der Waals surface area contributed by atoms with Crippen molar-refractivity contribution in [3.8, 4) is 5.75 Å². The molecule has 0 saturated heterocycles. The Labute approximate surface area is 198 Å². The van der Waals surface area contributed by atoms with Crippen molar-refractivity contribution in [2.24, 2.45) is 0 Å². The van der Waals surface area contributed by atoms with E-state index in [1.807, 2.05) is 12.1 Å². The summed E-state index contributed by atoms with van der Waals surface area (Å²) in [5.41, 5.74) is 1.62. The van der Waals surface area contributed by atoms with Gasteiger partial charge in [-0.2, -0.15) is 11.8 Å². The molecule has 0 fully saturated rings. The average molecular weight is 505 g/mol. The number of halogens is 2. The maximum atomic E-state index is 12.1. The fourth-order valence-electron chi connectivity index (χ4n) is 2.79. The third-order valence-corrected chi connectivity index (χ3v) is 7.31. The van der Waals surface area contributed by atoms with Crippen molar-refractivity contribution in [1.29, 1.82) is 0 Å². The maximum Gasteiger partial charge on any atom is 0.232 e. The normalized spacial score (nSPS) is 11.2. The van der Waals surface area contributed by atoms with Gasteiger partial charge in [0.25, 0.3) is 0 Å². The highest BCUT2D eigenvalue weighted by molar-refractivity contribution is 7.98. The summed E-state index contributed by atoms with van der Waals surface area (Å²) in [6, 6.07) is 12.3. The largest absolute Gasteiger partial charge is 0.497 e. The van der Waals surface area contributed by atoms with Gasteiger partial charge in [-0.15, -0.1) is 0 Å². The van der Waals surface area contributed by atoms with E-state index in [0.717, 1.165) is 23.3 Å². The Morgan fingerprint density at radius 3 is 2.45 bits per heavy atom. The second kappa shape index (κ2) is 12.4. The fraction of sp³-hybridized carbons (Fsp3) is 0.381. The molecule has 0 bridgehead atoms. The zero-order chi connectivity index (χ0) is 22.9. The minimum Gasteiger partial charge on any atom is -0.497 e. The van der Waals surface area contributed by atoms with Crippen LogP contribution in [0.4, 0.5) is 5.69 Å². The summed E-state index contributed by atoms with van der Waals surface area (Å²) < 4.78 is 30.7. The van der Waals surface area contributed by atoms with Gasteiger partial charge in [0.1, 0.15) is 5.75 Å². The average Bonchev–Trinajstić information content (AvgIpc) is 2.73. The Morgan fingerprint density at radius 2 is 1.84 bits per heavy atom. The lowest BCUT2D eigenvalue weighted by Gasteiger charge is -2.22. The van der Waals surface area contributed by atoms with Crippen LogP contribution in [0.5, 0.6) is 5.75 Å². The minimum atomic E-state index is -3.45. The van der Waals surface area contributed by atoms with Crippen molar-refractivity contribution in [1.82, 2.24) is 5.32 Å². The first-order valence-electron chi connectivity index (χ1n) is 9.61. The standard InChI is InChI=1S/C21H26Cl2N2O4S2/c1-29-18-8-6-17(7-9-18)25(31(2,27)28)12-3-4-21(26)24-11-13-30-15-16-5-10-19(22)20(23)14-16/h5-10,14H,3-4,11-13,15H2,1-2H3,(H,24,26). The number of carbonyl (C=O) groups is 1. The van der Waals surface area contributed by atoms with E-state index in [-0.39, 0.29) is 18.9 Å². The zero-order valence-electron chi connectivity index (χ0n) is 17.4. The summed E-state index contributed by atoms with van der Waals surface area (Å²) in [5.74, 6) is 2.08. The molecule has 6 nitrogen and oxygen atoms in total. The number of anilines is 1. The van der Waals surface area contributed by atoms with Crippen LogP contribution in [0.1, 0.15) is 18.4 Å². The van der Waals surface area contributed by atoms with Gasteiger partial charge < -0.3 is 10.1 Å². The molecule has 0 aliphatic rings. The number of ether oxygens (including phenoxy) is 1. The second-order valence-electron chi connectivity index (χ2n) is 6.79. The van der Waals surface area contributed by atoms with Crippen LogP contribution >= 0.6 is 35.0 Å². The summed E-state index contributed by atoms with van der Waals surface area (Å²) >= 11 is 13.6. The molecular weight excluding hydrogens is 479 g/mol. The highest BCUT2D eigenvalue weighted by Crippen LogP contribution is 2.24. The number of nitrogens with one attached hydrogen (secondary N) is 1. The third-order valence-electron chi connectivity index (χ3n) is 4.35. The molecular formula is C21H26Cl2N2O4S2. The first kappa shape index (κ1) is 25.6. The SMILES string of the molecule is COc1ccc(N(CCCC(=O)NCCSCc2ccc(Cl)c(Cl)c2)S(C)(=O)=O)cc1. The number of hydrogen-bond donors (Lipinski definition) is 1. The van der Waals surface area contributed by atoms with Gasteiger partial charge >= 0.3 is 0 Å². The number of methoxy groups -OCH3 is 1. The molecule has 0 spiro atoms. The van der Waals surface area contributed by atoms with E-state index in [2.05, 4.69) is 5.32 Å². The van der Waals surface area contributed by atoms with E-state index in [4.69, 9.17) is 27.9 Å². The predicted molar refractivity (Wildman–Crippen MR) is 130 cm³/mol. The van der Waals surface area contributed by atoms with E-state index in [1.54, 1.807) is 49.2 Å². The monoisotopic (exact) mass is 504 g/mol. The third kappa shape index (κ3) is 8.80. The molecule has 1 N–H and O–H groups in total. The van der Waals surface area contributed by atoms with Crippen LogP contribution in [-0.2, 0) is 20.6 Å². The number of sulfonamides is 1. The Bertz CT molecular complexity index is 970. The Kier molecular flexibility index (Phi) is 10.3. The van der Waals surface area contributed by atoms with Crippen molar-refractivity contribution in [2.45, 2.75) is 18.6 Å². The molecule has 0 aliphatic heterocycles. The number of hydrogen-bond acceptors (Lipinski definition) is 5. The Balaban J connectivity index is 1.70. The molecule has 0 saturated carbocycles. The fourth-order valence-corrected chi connectivity index (χ4v) is 4.88. The second-order valence-corrected chi connectivity index (χ2v) is 10.6. The van der Waals surface area contributed by atoms with Gasteiger partial charge in [0.2, 0.25) is 15.9 Å². The van der Waals surface area contributed by atoms with Crippen molar-refractivity contribution in [3.63, 3.8) is 0 Å². The number of benzene rings is 2. The molecule has 31 heavy (non-hydrogen) atoms. The molecule has 2 aromatic rings. The molecule has 0 aromatic heterocycles. The van der Waals surface area contributed by atoms with Crippen LogP contribution < -0.4 is 14.4 Å². The highest BCUT2D eigenvalue weighted by Gasteiger charge is 2.17. The summed E-state index contributed by atoms with van der Waals surface area (Å²) in [7, 11) is -1.90. The van der Waals surface area contributed by atoms with E-state index in [9.17, 15) is 13.2 Å². The van der Waals surface area contributed by atoms with Gasteiger partial charge in [-0.1, -0.05) is 29.3 Å². The molecule has 2 aromatic carbocycles. The summed E-state index contributed by atoms with van der Waals surface area (Å²) in [4.78, 5) is 12.1. The minimum absolute atomic E-state index is 0.0988. The number of rotatable bonds is 12. The molecule has 10 heteroatoms. The summed E-state index contributed by atoms with van der Waals surface area (Å²) in [5, 5.41) is 3.93. The Morgan fingerprint density at radius 1 is 1.13 bits per heavy atom. The van der Waals surface area contributed by atoms with Crippen molar-refractivity contribution < 1.29 is 17.9 Å². The van der Waals surface area contributed by atoms with Crippen LogP contribution in [0.15, 0.2) is 42.5 Å². The van der Waals surface area contributed by atoms with Crippen LogP contribution in [0.3, 0.4) is 0 Å². The lowest BCUT2D eigenvalue weighted by molar-refractivity contribution is -0.121. The zero-order valence-corrected chi connectivity index (χ0v) is 20.6. The van der Waals surface area contributed by atoms with Crippen molar-refractivity contribution in [3.05, 3.63) is 58.1 Å². The van der Waals surface area contributed by atoms with Crippen molar-refractivity contribution in [2.75, 3.05) is 36.5 Å². The lowest BCUT2D eigenvalue weighted by Crippen LogP contribution is -2.32. The van der Waals surface area contributed by atoms with Gasteiger partial charge in [0.15, 0.2) is 0 Å². The van der Waals surface area contributed by atoms with E-state index in [0.29, 0.717) is 34.4 Å². The smallest absolute Gasteiger partial charge is 0.232 e. The van der Waals surface area contributed by atoms with Crippen LogP contribution in [-0.4, -0.2) is 46.5 Å². The number of thioether (sulfide) groups is 1. The van der Waals surface area contributed by atoms with Gasteiger partial charge in [-0.05, 0) is 48.4 Å². The number of amides is 1. The van der Waals surface area contributed by atoms with Crippen LogP contribution in [0.2, 0.25) is 10.0 Å². The summed E-state index contributed by atoms with van der Waals surface area (Å²) in [6.45, 7) is 0.768. The van der Waals surface area contributed by atoms with Crippen molar-refractivity contribution >= 4 is 56.6 Å². The lowest BCUT2D eigenvalue weighted by atomic mass is 10.2. The Hall–Kier alpha value is -1.61. The molecule has 1 amide bonds. The quantitative estimate of drug-likeness (QED) is 0.427. The highest BCUT2D eigenvalue weighted by atomic mass is 35.5. The van der Waals surface area contributed by atoms with Gasteiger partial charge in [-0.3, -0.25) is 9.10 Å². The van der Waals surface area contributed by atoms with Gasteiger partial charge in [-0.25, -0.2) is 8.42 Å². The predicted octanol–water partition coefficient (Wildman–Crippen LogP) is 4.60. The molecule has 2 rings (SSSR count). The van der Waals surface area contributed by atoms with Crippen LogP contribution in [0, 0.1) is 0 Å². The molecule has 170 valence electrons. The molecule has 0 radical (unpaired) electrons. The molecule has 0 unspecified atom stereocenters. The van der Waals surface area contributed by atoms with E-state index >= 15 is 0 Å². The number of carbonyl (C=O) groups excluding carboxylic acids is 1. The molecule has 0 atom stereocenters. The summed E-state index contributed by atoms with van der Waals surface area (Å²) in [6.07, 6.45) is 1.82. The first-order chi connectivity index (χ1) is 14.7. The maximum absolute atomic E-state index is 12.1. The molecule has 0 heterocycles. The number of nitrogens with zero attached hydrogens (tertiary/aromatic N) is 1. The van der Waals surface area contributed by atoms with E-state index < -0.39 is 10.0 Å². The molecule has 0 aliphatic carbocycles. The van der Waals surface area contributed by atoms with Gasteiger partial charge in [0.05, 0.1) is 29.1 Å². The van der Waals surface area contributed by atoms with E-state index in [1.165, 1.54) is 4.31 Å².